The Labute approximate surface area is 181 Å². The summed E-state index contributed by atoms with van der Waals surface area (Å²) in [4.78, 5) is 25.8. The molecule has 2 aromatic heterocycles. The highest BCUT2D eigenvalue weighted by atomic mass is 32.1. The van der Waals surface area contributed by atoms with Gasteiger partial charge in [0.05, 0.1) is 17.4 Å². The molecule has 1 saturated heterocycles. The quantitative estimate of drug-likeness (QED) is 0.622. The summed E-state index contributed by atoms with van der Waals surface area (Å²) in [5.74, 6) is 1.79. The molecule has 1 aliphatic heterocycles. The number of hydrogen-bond acceptors (Lipinski definition) is 6. The van der Waals surface area contributed by atoms with Gasteiger partial charge in [-0.25, -0.2) is 9.97 Å². The van der Waals surface area contributed by atoms with Crippen LogP contribution in [-0.4, -0.2) is 47.0 Å². The number of hydrogen-bond donors (Lipinski definition) is 1. The number of anilines is 1. The van der Waals surface area contributed by atoms with Crippen LogP contribution in [-0.2, 0) is 6.42 Å². The molecule has 3 aromatic rings. The van der Waals surface area contributed by atoms with Crippen molar-refractivity contribution in [2.75, 3.05) is 25.5 Å². The van der Waals surface area contributed by atoms with Gasteiger partial charge in [-0.3, -0.25) is 4.79 Å². The first-order valence-electron chi connectivity index (χ1n) is 10.5. The van der Waals surface area contributed by atoms with Gasteiger partial charge in [-0.1, -0.05) is 12.1 Å². The first-order valence-corrected chi connectivity index (χ1v) is 11.3. The van der Waals surface area contributed by atoms with E-state index in [1.807, 2.05) is 24.0 Å². The fraction of sp³-hybridized carbons (Fsp3) is 0.435. The summed E-state index contributed by atoms with van der Waals surface area (Å²) < 4.78 is 5.21. The number of benzene rings is 1. The average molecular weight is 425 g/mol. The van der Waals surface area contributed by atoms with Gasteiger partial charge in [0.1, 0.15) is 22.7 Å². The molecule has 4 rings (SSSR count). The fourth-order valence-electron chi connectivity index (χ4n) is 4.06. The highest BCUT2D eigenvalue weighted by Gasteiger charge is 2.28. The molecule has 7 heteroatoms. The van der Waals surface area contributed by atoms with Gasteiger partial charge >= 0.3 is 0 Å². The largest absolute Gasteiger partial charge is 0.497 e. The Morgan fingerprint density at radius 2 is 2.07 bits per heavy atom. The van der Waals surface area contributed by atoms with Crippen molar-refractivity contribution in [3.05, 3.63) is 46.6 Å². The molecule has 0 unspecified atom stereocenters. The van der Waals surface area contributed by atoms with Crippen LogP contribution in [0.5, 0.6) is 5.75 Å². The third-order valence-corrected chi connectivity index (χ3v) is 7.04. The molecule has 6 nitrogen and oxygen atoms in total. The van der Waals surface area contributed by atoms with Crippen LogP contribution in [0, 0.1) is 6.92 Å². The number of amides is 1. The molecule has 1 aromatic carbocycles. The number of nitrogens with one attached hydrogen (secondary N) is 1. The number of aromatic nitrogens is 2. The highest BCUT2D eigenvalue weighted by Crippen LogP contribution is 2.35. The highest BCUT2D eigenvalue weighted by molar-refractivity contribution is 7.20. The van der Waals surface area contributed by atoms with E-state index < -0.39 is 0 Å². The normalized spacial score (nSPS) is 16.6. The molecule has 0 bridgehead atoms. The van der Waals surface area contributed by atoms with Crippen LogP contribution >= 0.6 is 11.3 Å². The second-order valence-corrected chi connectivity index (χ2v) is 8.83. The van der Waals surface area contributed by atoms with Crippen LogP contribution in [0.15, 0.2) is 30.6 Å². The van der Waals surface area contributed by atoms with Crippen molar-refractivity contribution >= 4 is 33.3 Å². The number of rotatable bonds is 6. The topological polar surface area (TPSA) is 67.3 Å². The van der Waals surface area contributed by atoms with Crippen LogP contribution in [0.1, 0.15) is 47.0 Å². The standard InChI is InChI=1S/C23H28N4O2S/c1-15-6-4-5-13-27(15)23(28)20-16(2)19-21(25-14-26-22(19)30-20)24-12-11-17-7-9-18(29-3)10-8-17/h7-10,14-15H,4-6,11-13H2,1-3H3,(H,24,25,26)/t15-/m1/s1. The van der Waals surface area contributed by atoms with Gasteiger partial charge in [0.2, 0.25) is 0 Å². The van der Waals surface area contributed by atoms with Gasteiger partial charge < -0.3 is 15.0 Å². The Hall–Kier alpha value is -2.67. The number of carbonyl (C=O) groups is 1. The Balaban J connectivity index is 1.52. The summed E-state index contributed by atoms with van der Waals surface area (Å²) in [6, 6.07) is 8.39. The lowest BCUT2D eigenvalue weighted by Gasteiger charge is -2.33. The summed E-state index contributed by atoms with van der Waals surface area (Å²) in [6.45, 7) is 5.75. The Morgan fingerprint density at radius 1 is 1.27 bits per heavy atom. The average Bonchev–Trinajstić information content (AvgIpc) is 3.11. The number of piperidine rings is 1. The van der Waals surface area contributed by atoms with Crippen molar-refractivity contribution in [2.45, 2.75) is 45.6 Å². The van der Waals surface area contributed by atoms with E-state index >= 15 is 0 Å². The molecule has 0 saturated carbocycles. The van der Waals surface area contributed by atoms with Crippen LogP contribution in [0.3, 0.4) is 0 Å². The first kappa shape index (κ1) is 20.6. The molecule has 30 heavy (non-hydrogen) atoms. The zero-order valence-corrected chi connectivity index (χ0v) is 18.6. The molecule has 0 spiro atoms. The lowest BCUT2D eigenvalue weighted by molar-refractivity contribution is 0.0640. The van der Waals surface area contributed by atoms with Gasteiger partial charge in [-0.15, -0.1) is 11.3 Å². The third-order valence-electron chi connectivity index (χ3n) is 5.85. The zero-order chi connectivity index (χ0) is 21.1. The SMILES string of the molecule is COc1ccc(CCNc2ncnc3sc(C(=O)N4CCCC[C@H]4C)c(C)c23)cc1. The molecule has 0 radical (unpaired) electrons. The van der Waals surface area contributed by atoms with E-state index in [9.17, 15) is 4.79 Å². The molecule has 1 N–H and O–H groups in total. The maximum Gasteiger partial charge on any atom is 0.264 e. The maximum atomic E-state index is 13.2. The number of likely N-dealkylation sites (tertiary alicyclic amines) is 1. The number of ether oxygens (including phenoxy) is 1. The lowest BCUT2D eigenvalue weighted by atomic mass is 10.0. The van der Waals surface area contributed by atoms with E-state index in [1.54, 1.807) is 13.4 Å². The predicted octanol–water partition coefficient (Wildman–Crippen LogP) is 4.68. The molecular formula is C23H28N4O2S. The van der Waals surface area contributed by atoms with Gasteiger partial charge in [0.25, 0.3) is 5.91 Å². The number of fused-ring (bicyclic) bond motifs is 1. The molecule has 3 heterocycles. The Morgan fingerprint density at radius 3 is 2.80 bits per heavy atom. The third kappa shape index (κ3) is 4.12. The molecule has 158 valence electrons. The summed E-state index contributed by atoms with van der Waals surface area (Å²) >= 11 is 1.48. The smallest absolute Gasteiger partial charge is 0.264 e. The van der Waals surface area contributed by atoms with Crippen LogP contribution < -0.4 is 10.1 Å². The van der Waals surface area contributed by atoms with Crippen LogP contribution in [0.2, 0.25) is 0 Å². The van der Waals surface area contributed by atoms with E-state index in [2.05, 4.69) is 34.3 Å². The van der Waals surface area contributed by atoms with Crippen molar-refractivity contribution in [1.29, 1.82) is 0 Å². The Bertz CT molecular complexity index is 1030. The molecule has 0 aliphatic carbocycles. The summed E-state index contributed by atoms with van der Waals surface area (Å²) in [7, 11) is 1.67. The monoisotopic (exact) mass is 424 g/mol. The number of thiophene rings is 1. The number of methoxy groups -OCH3 is 1. The maximum absolute atomic E-state index is 13.2. The minimum atomic E-state index is 0.131. The van der Waals surface area contributed by atoms with Gasteiger partial charge in [-0.05, 0) is 62.8 Å². The Kier molecular flexibility index (Phi) is 6.18. The first-order chi connectivity index (χ1) is 14.6. The van der Waals surface area contributed by atoms with Crippen molar-refractivity contribution < 1.29 is 9.53 Å². The van der Waals surface area contributed by atoms with Crippen molar-refractivity contribution in [1.82, 2.24) is 14.9 Å². The number of carbonyl (C=O) groups excluding carboxylic acids is 1. The second kappa shape index (κ2) is 9.00. The summed E-state index contributed by atoms with van der Waals surface area (Å²) in [5.41, 5.74) is 2.20. The van der Waals surface area contributed by atoms with Gasteiger partial charge in [0.15, 0.2) is 0 Å². The van der Waals surface area contributed by atoms with E-state index in [-0.39, 0.29) is 5.91 Å². The molecule has 1 fully saturated rings. The number of nitrogens with zero attached hydrogens (tertiary/aromatic N) is 3. The molecule has 1 atom stereocenters. The summed E-state index contributed by atoms with van der Waals surface area (Å²) in [5, 5.41) is 4.41. The molecule has 1 aliphatic rings. The van der Waals surface area contributed by atoms with Crippen LogP contribution in [0.4, 0.5) is 5.82 Å². The lowest BCUT2D eigenvalue weighted by Crippen LogP contribution is -2.41. The van der Waals surface area contributed by atoms with E-state index in [4.69, 9.17) is 4.74 Å². The zero-order valence-electron chi connectivity index (χ0n) is 17.8. The van der Waals surface area contributed by atoms with E-state index in [0.717, 1.165) is 64.6 Å². The van der Waals surface area contributed by atoms with Gasteiger partial charge in [-0.2, -0.15) is 0 Å². The van der Waals surface area contributed by atoms with Crippen molar-refractivity contribution in [3.8, 4) is 5.75 Å². The number of aryl methyl sites for hydroxylation is 1. The fourth-order valence-corrected chi connectivity index (χ4v) is 5.16. The van der Waals surface area contributed by atoms with Crippen LogP contribution in [0.25, 0.3) is 10.2 Å². The minimum Gasteiger partial charge on any atom is -0.497 e. The van der Waals surface area contributed by atoms with Gasteiger partial charge in [0, 0.05) is 19.1 Å². The van der Waals surface area contributed by atoms with E-state index in [1.165, 1.54) is 23.3 Å². The summed E-state index contributed by atoms with van der Waals surface area (Å²) in [6.07, 6.45) is 5.80. The van der Waals surface area contributed by atoms with Crippen molar-refractivity contribution in [3.63, 3.8) is 0 Å². The molecule has 1 amide bonds. The van der Waals surface area contributed by atoms with E-state index in [0.29, 0.717) is 6.04 Å². The predicted molar refractivity (Wildman–Crippen MR) is 122 cm³/mol. The second-order valence-electron chi connectivity index (χ2n) is 7.83. The van der Waals surface area contributed by atoms with Crippen molar-refractivity contribution in [2.24, 2.45) is 0 Å². The minimum absolute atomic E-state index is 0.131. The molecular weight excluding hydrogens is 396 g/mol.